The number of nitrogens with one attached hydrogen (secondary N) is 1. The van der Waals surface area contributed by atoms with E-state index in [4.69, 9.17) is 11.6 Å². The Bertz CT molecular complexity index is 571. The lowest BCUT2D eigenvalue weighted by Crippen LogP contribution is -2.52. The maximum Gasteiger partial charge on any atom is 0.261 e. The Labute approximate surface area is 123 Å². The summed E-state index contributed by atoms with van der Waals surface area (Å²) in [6.07, 6.45) is 4.38. The normalized spacial score (nSPS) is 27.4. The van der Waals surface area contributed by atoms with Gasteiger partial charge in [-0.25, -0.2) is 22.5 Å². The third kappa shape index (κ3) is 3.30. The molecule has 1 aromatic rings. The van der Waals surface area contributed by atoms with Gasteiger partial charge in [0, 0.05) is 17.6 Å². The molecule has 0 radical (unpaired) electrons. The SMILES string of the molecule is CC1CCC(CCl)(NS(=O)(=O)c2ncccc2F)CC1. The van der Waals surface area contributed by atoms with Crippen LogP contribution in [-0.4, -0.2) is 24.8 Å². The Morgan fingerprint density at radius 2 is 2.15 bits per heavy atom. The number of sulfonamides is 1. The van der Waals surface area contributed by atoms with Crippen molar-refractivity contribution in [1.29, 1.82) is 0 Å². The fraction of sp³-hybridized carbons (Fsp3) is 0.615. The molecule has 0 atom stereocenters. The highest BCUT2D eigenvalue weighted by molar-refractivity contribution is 7.89. The van der Waals surface area contributed by atoms with Crippen LogP contribution < -0.4 is 4.72 Å². The predicted octanol–water partition coefficient (Wildman–Crippen LogP) is 2.69. The van der Waals surface area contributed by atoms with E-state index in [9.17, 15) is 12.8 Å². The van der Waals surface area contributed by atoms with Gasteiger partial charge in [0.15, 0.2) is 5.82 Å². The molecule has 1 N–H and O–H groups in total. The van der Waals surface area contributed by atoms with Gasteiger partial charge in [0.1, 0.15) is 0 Å². The van der Waals surface area contributed by atoms with E-state index in [2.05, 4.69) is 16.6 Å². The second kappa shape index (κ2) is 5.95. The molecule has 1 aliphatic rings. The van der Waals surface area contributed by atoms with E-state index in [-0.39, 0.29) is 5.88 Å². The number of hydrogen-bond acceptors (Lipinski definition) is 3. The largest absolute Gasteiger partial charge is 0.261 e. The maximum atomic E-state index is 13.6. The minimum absolute atomic E-state index is 0.174. The number of hydrogen-bond donors (Lipinski definition) is 1. The van der Waals surface area contributed by atoms with Crippen LogP contribution in [0.2, 0.25) is 0 Å². The molecule has 112 valence electrons. The molecule has 0 aromatic carbocycles. The molecule has 7 heteroatoms. The van der Waals surface area contributed by atoms with Gasteiger partial charge in [-0.1, -0.05) is 6.92 Å². The zero-order valence-electron chi connectivity index (χ0n) is 11.3. The van der Waals surface area contributed by atoms with Crippen LogP contribution in [0.5, 0.6) is 0 Å². The summed E-state index contributed by atoms with van der Waals surface area (Å²) in [5, 5.41) is -0.567. The zero-order chi connectivity index (χ0) is 14.8. The molecule has 1 aliphatic carbocycles. The number of alkyl halides is 1. The monoisotopic (exact) mass is 320 g/mol. The molecular weight excluding hydrogens is 303 g/mol. The molecule has 0 unspecified atom stereocenters. The molecule has 1 fully saturated rings. The third-order valence-corrected chi connectivity index (χ3v) is 5.84. The van der Waals surface area contributed by atoms with Crippen molar-refractivity contribution in [3.8, 4) is 0 Å². The fourth-order valence-corrected chi connectivity index (χ4v) is 4.36. The topological polar surface area (TPSA) is 59.1 Å². The van der Waals surface area contributed by atoms with Crippen molar-refractivity contribution in [3.05, 3.63) is 24.1 Å². The molecule has 0 aliphatic heterocycles. The van der Waals surface area contributed by atoms with E-state index in [0.717, 1.165) is 18.9 Å². The first-order valence-corrected chi connectivity index (χ1v) is 8.61. The van der Waals surface area contributed by atoms with Crippen LogP contribution in [0.3, 0.4) is 0 Å². The average molecular weight is 321 g/mol. The minimum Gasteiger partial charge on any atom is -0.241 e. The lowest BCUT2D eigenvalue weighted by molar-refractivity contribution is 0.247. The molecule has 0 spiro atoms. The molecule has 4 nitrogen and oxygen atoms in total. The van der Waals surface area contributed by atoms with Crippen LogP contribution >= 0.6 is 11.6 Å². The zero-order valence-corrected chi connectivity index (χ0v) is 12.8. The van der Waals surface area contributed by atoms with Gasteiger partial charge in [0.25, 0.3) is 10.0 Å². The highest BCUT2D eigenvalue weighted by atomic mass is 35.5. The van der Waals surface area contributed by atoms with Crippen molar-refractivity contribution in [2.75, 3.05) is 5.88 Å². The van der Waals surface area contributed by atoms with Gasteiger partial charge in [0.05, 0.1) is 0 Å². The van der Waals surface area contributed by atoms with E-state index in [1.807, 2.05) is 0 Å². The number of halogens is 2. The highest BCUT2D eigenvalue weighted by Gasteiger charge is 2.38. The van der Waals surface area contributed by atoms with Gasteiger partial charge in [-0.2, -0.15) is 0 Å². The minimum atomic E-state index is -4.00. The van der Waals surface area contributed by atoms with E-state index >= 15 is 0 Å². The van der Waals surface area contributed by atoms with Gasteiger partial charge in [-0.15, -0.1) is 11.6 Å². The van der Waals surface area contributed by atoms with Gasteiger partial charge in [-0.3, -0.25) is 0 Å². The first-order valence-electron chi connectivity index (χ1n) is 6.59. The summed E-state index contributed by atoms with van der Waals surface area (Å²) >= 11 is 5.98. The third-order valence-electron chi connectivity index (χ3n) is 3.82. The van der Waals surface area contributed by atoms with Gasteiger partial charge in [-0.05, 0) is 43.7 Å². The number of rotatable bonds is 4. The van der Waals surface area contributed by atoms with Crippen LogP contribution in [0.25, 0.3) is 0 Å². The molecule has 0 saturated heterocycles. The van der Waals surface area contributed by atoms with Crippen molar-refractivity contribution >= 4 is 21.6 Å². The molecule has 1 heterocycles. The lowest BCUT2D eigenvalue weighted by atomic mass is 9.79. The van der Waals surface area contributed by atoms with Crippen molar-refractivity contribution in [3.63, 3.8) is 0 Å². The summed E-state index contributed by atoms with van der Waals surface area (Å²) in [5.74, 6) is -0.121. The van der Waals surface area contributed by atoms with Crippen molar-refractivity contribution in [1.82, 2.24) is 9.71 Å². The Kier molecular flexibility index (Phi) is 4.66. The smallest absolute Gasteiger partial charge is 0.241 e. The lowest BCUT2D eigenvalue weighted by Gasteiger charge is -2.38. The van der Waals surface area contributed by atoms with Crippen molar-refractivity contribution in [2.45, 2.75) is 43.2 Å². The second-order valence-corrected chi connectivity index (χ2v) is 7.36. The van der Waals surface area contributed by atoms with Gasteiger partial charge < -0.3 is 0 Å². The fourth-order valence-electron chi connectivity index (χ4n) is 2.48. The summed E-state index contributed by atoms with van der Waals surface area (Å²) in [5.41, 5.74) is -0.698. The highest BCUT2D eigenvalue weighted by Crippen LogP contribution is 2.34. The van der Waals surface area contributed by atoms with Crippen molar-refractivity contribution < 1.29 is 12.8 Å². The summed E-state index contributed by atoms with van der Waals surface area (Å²) < 4.78 is 40.8. The van der Waals surface area contributed by atoms with Crippen LogP contribution in [0.1, 0.15) is 32.6 Å². The number of aromatic nitrogens is 1. The van der Waals surface area contributed by atoms with Crippen LogP contribution in [-0.2, 0) is 10.0 Å². The van der Waals surface area contributed by atoms with E-state index in [1.165, 1.54) is 12.3 Å². The number of pyridine rings is 1. The molecule has 0 bridgehead atoms. The van der Waals surface area contributed by atoms with E-state index in [0.29, 0.717) is 18.8 Å². The van der Waals surface area contributed by atoms with E-state index < -0.39 is 26.4 Å². The molecule has 2 rings (SSSR count). The molecular formula is C13H18ClFN2O2S. The predicted molar refractivity (Wildman–Crippen MR) is 75.6 cm³/mol. The Hall–Kier alpha value is -0.720. The van der Waals surface area contributed by atoms with Gasteiger partial charge >= 0.3 is 0 Å². The second-order valence-electron chi connectivity index (χ2n) is 5.49. The van der Waals surface area contributed by atoms with Crippen molar-refractivity contribution in [2.24, 2.45) is 5.92 Å². The Morgan fingerprint density at radius 1 is 1.50 bits per heavy atom. The average Bonchev–Trinajstić information content (AvgIpc) is 2.42. The summed E-state index contributed by atoms with van der Waals surface area (Å²) in [7, 11) is -4.00. The first kappa shape index (κ1) is 15.7. The first-order chi connectivity index (χ1) is 9.38. The van der Waals surface area contributed by atoms with Crippen LogP contribution in [0.15, 0.2) is 23.4 Å². The summed E-state index contributed by atoms with van der Waals surface area (Å²) in [6, 6.07) is 2.44. The Balaban J connectivity index is 2.25. The standard InChI is InChI=1S/C13H18ClFN2O2S/c1-10-4-6-13(9-14,7-5-10)17-20(18,19)12-11(15)3-2-8-16-12/h2-3,8,10,17H,4-7,9H2,1H3. The van der Waals surface area contributed by atoms with Crippen LogP contribution in [0.4, 0.5) is 4.39 Å². The molecule has 20 heavy (non-hydrogen) atoms. The molecule has 0 amide bonds. The quantitative estimate of drug-likeness (QED) is 0.868. The number of nitrogens with zero attached hydrogens (tertiary/aromatic N) is 1. The Morgan fingerprint density at radius 3 is 2.70 bits per heavy atom. The summed E-state index contributed by atoms with van der Waals surface area (Å²) in [4.78, 5) is 3.63. The van der Waals surface area contributed by atoms with Crippen LogP contribution in [0, 0.1) is 11.7 Å². The maximum absolute atomic E-state index is 13.6. The summed E-state index contributed by atoms with van der Waals surface area (Å²) in [6.45, 7) is 2.13. The molecule has 1 aromatic heterocycles. The van der Waals surface area contributed by atoms with Gasteiger partial charge in [0.2, 0.25) is 5.03 Å². The molecule has 1 saturated carbocycles. The van der Waals surface area contributed by atoms with E-state index in [1.54, 1.807) is 0 Å².